The van der Waals surface area contributed by atoms with Crippen molar-refractivity contribution in [2.75, 3.05) is 26.3 Å². The first kappa shape index (κ1) is 17.7. The van der Waals surface area contributed by atoms with Crippen molar-refractivity contribution in [2.24, 2.45) is 7.05 Å². The molecule has 0 radical (unpaired) electrons. The summed E-state index contributed by atoms with van der Waals surface area (Å²) in [7, 11) is 2.06. The molecule has 0 amide bonds. The van der Waals surface area contributed by atoms with Crippen molar-refractivity contribution >= 4 is 10.9 Å². The normalized spacial score (nSPS) is 21.5. The van der Waals surface area contributed by atoms with Crippen LogP contribution in [0.25, 0.3) is 10.9 Å². The predicted octanol–water partition coefficient (Wildman–Crippen LogP) is 3.11. The van der Waals surface area contributed by atoms with Crippen LogP contribution >= 0.6 is 0 Å². The average molecular weight is 382 g/mol. The van der Waals surface area contributed by atoms with Gasteiger partial charge in [-0.2, -0.15) is 0 Å². The summed E-state index contributed by atoms with van der Waals surface area (Å²) in [5, 5.41) is 9.63. The molecular formula is C21H26N4O3. The third-order valence-corrected chi connectivity index (χ3v) is 5.84. The Morgan fingerprint density at radius 1 is 1.14 bits per heavy atom. The minimum absolute atomic E-state index is 0.246. The standard InChI is InChI=1S/C21H26N4O3/c1-24-9-7-17-18(24)3-2-4-19(17)27-16-5-10-25(11-6-16)13-20-22-23-21(28-20)15-8-12-26-14-15/h2-4,7,9,15-16H,5-6,8,10-14H2,1H3. The van der Waals surface area contributed by atoms with E-state index in [9.17, 15) is 0 Å². The highest BCUT2D eigenvalue weighted by Crippen LogP contribution is 2.29. The molecule has 1 atom stereocenters. The van der Waals surface area contributed by atoms with Crippen molar-refractivity contribution in [3.8, 4) is 5.75 Å². The van der Waals surface area contributed by atoms with Crippen LogP contribution in [0, 0.1) is 0 Å². The van der Waals surface area contributed by atoms with Gasteiger partial charge in [0.25, 0.3) is 0 Å². The number of fused-ring (bicyclic) bond motifs is 1. The SMILES string of the molecule is Cn1ccc2c(OC3CCN(Cc4nnc(C5CCOC5)o4)CC3)cccc21. The maximum atomic E-state index is 6.35. The number of piperidine rings is 1. The Morgan fingerprint density at radius 2 is 2.04 bits per heavy atom. The van der Waals surface area contributed by atoms with Crippen LogP contribution in [-0.4, -0.2) is 52.1 Å². The molecule has 2 saturated heterocycles. The van der Waals surface area contributed by atoms with Gasteiger partial charge in [-0.05, 0) is 37.5 Å². The topological polar surface area (TPSA) is 65.5 Å². The van der Waals surface area contributed by atoms with E-state index in [1.165, 1.54) is 10.9 Å². The lowest BCUT2D eigenvalue weighted by Gasteiger charge is -2.31. The molecule has 5 rings (SSSR count). The van der Waals surface area contributed by atoms with Gasteiger partial charge in [0.1, 0.15) is 11.9 Å². The minimum atomic E-state index is 0.246. The summed E-state index contributed by atoms with van der Waals surface area (Å²) < 4.78 is 19.7. The Balaban J connectivity index is 1.16. The Kier molecular flexibility index (Phi) is 4.78. The first-order valence-corrected chi connectivity index (χ1v) is 10.1. The van der Waals surface area contributed by atoms with Crippen LogP contribution < -0.4 is 4.74 Å². The van der Waals surface area contributed by atoms with Crippen molar-refractivity contribution in [2.45, 2.75) is 37.8 Å². The van der Waals surface area contributed by atoms with E-state index in [1.54, 1.807) is 0 Å². The summed E-state index contributed by atoms with van der Waals surface area (Å²) >= 11 is 0. The molecule has 0 N–H and O–H groups in total. The van der Waals surface area contributed by atoms with Crippen LogP contribution in [-0.2, 0) is 18.3 Å². The number of benzene rings is 1. The van der Waals surface area contributed by atoms with Crippen LogP contribution in [0.15, 0.2) is 34.9 Å². The Labute approximate surface area is 164 Å². The van der Waals surface area contributed by atoms with Gasteiger partial charge in [-0.1, -0.05) is 6.07 Å². The van der Waals surface area contributed by atoms with Gasteiger partial charge in [0.15, 0.2) is 0 Å². The third-order valence-electron chi connectivity index (χ3n) is 5.84. The predicted molar refractivity (Wildman–Crippen MR) is 104 cm³/mol. The Hall–Kier alpha value is -2.38. The number of likely N-dealkylation sites (tertiary alicyclic amines) is 1. The lowest BCUT2D eigenvalue weighted by Crippen LogP contribution is -2.37. The summed E-state index contributed by atoms with van der Waals surface area (Å²) in [6, 6.07) is 8.39. The van der Waals surface area contributed by atoms with Crippen molar-refractivity contribution in [1.82, 2.24) is 19.7 Å². The highest BCUT2D eigenvalue weighted by atomic mass is 16.5. The Bertz CT molecular complexity index is 936. The third kappa shape index (κ3) is 3.52. The van der Waals surface area contributed by atoms with Crippen LogP contribution in [0.4, 0.5) is 0 Å². The zero-order chi connectivity index (χ0) is 18.9. The van der Waals surface area contributed by atoms with E-state index in [4.69, 9.17) is 13.9 Å². The van der Waals surface area contributed by atoms with Gasteiger partial charge in [-0.15, -0.1) is 10.2 Å². The highest BCUT2D eigenvalue weighted by molar-refractivity contribution is 5.86. The molecule has 148 valence electrons. The molecule has 0 saturated carbocycles. The second-order valence-electron chi connectivity index (χ2n) is 7.80. The smallest absolute Gasteiger partial charge is 0.230 e. The van der Waals surface area contributed by atoms with Gasteiger partial charge in [-0.3, -0.25) is 4.90 Å². The van der Waals surface area contributed by atoms with E-state index in [1.807, 2.05) is 0 Å². The van der Waals surface area contributed by atoms with Crippen LogP contribution in [0.1, 0.15) is 37.0 Å². The summed E-state index contributed by atoms with van der Waals surface area (Å²) in [6.45, 7) is 4.13. The summed E-state index contributed by atoms with van der Waals surface area (Å²) in [5.74, 6) is 2.68. The second kappa shape index (κ2) is 7.56. The first-order chi connectivity index (χ1) is 13.8. The number of nitrogens with zero attached hydrogens (tertiary/aromatic N) is 4. The molecule has 2 aliphatic heterocycles. The molecule has 28 heavy (non-hydrogen) atoms. The average Bonchev–Trinajstić information content (AvgIpc) is 3.45. The van der Waals surface area contributed by atoms with Gasteiger partial charge in [-0.25, -0.2) is 0 Å². The highest BCUT2D eigenvalue weighted by Gasteiger charge is 2.26. The lowest BCUT2D eigenvalue weighted by molar-refractivity contribution is 0.0925. The van der Waals surface area contributed by atoms with Gasteiger partial charge in [0, 0.05) is 38.3 Å². The first-order valence-electron chi connectivity index (χ1n) is 10.1. The van der Waals surface area contributed by atoms with Crippen molar-refractivity contribution in [1.29, 1.82) is 0 Å². The fourth-order valence-electron chi connectivity index (χ4n) is 4.16. The molecular weight excluding hydrogens is 356 g/mol. The van der Waals surface area contributed by atoms with Gasteiger partial charge in [0.2, 0.25) is 11.8 Å². The van der Waals surface area contributed by atoms with E-state index in [-0.39, 0.29) is 12.0 Å². The summed E-state index contributed by atoms with van der Waals surface area (Å²) in [4.78, 5) is 2.37. The van der Waals surface area contributed by atoms with E-state index in [0.717, 1.165) is 50.6 Å². The van der Waals surface area contributed by atoms with Gasteiger partial charge in [0.05, 0.1) is 24.6 Å². The van der Waals surface area contributed by atoms with E-state index in [2.05, 4.69) is 57.2 Å². The Morgan fingerprint density at radius 3 is 2.86 bits per heavy atom. The zero-order valence-corrected chi connectivity index (χ0v) is 16.2. The number of rotatable bonds is 5. The molecule has 0 bridgehead atoms. The quantitative estimate of drug-likeness (QED) is 0.676. The number of hydrogen-bond acceptors (Lipinski definition) is 6. The minimum Gasteiger partial charge on any atom is -0.490 e. The van der Waals surface area contributed by atoms with Crippen molar-refractivity contribution in [3.63, 3.8) is 0 Å². The molecule has 1 unspecified atom stereocenters. The maximum absolute atomic E-state index is 6.35. The molecule has 7 heteroatoms. The zero-order valence-electron chi connectivity index (χ0n) is 16.2. The van der Waals surface area contributed by atoms with E-state index < -0.39 is 0 Å². The number of ether oxygens (including phenoxy) is 2. The monoisotopic (exact) mass is 382 g/mol. The number of aryl methyl sites for hydroxylation is 1. The summed E-state index contributed by atoms with van der Waals surface area (Å²) in [5.41, 5.74) is 1.20. The van der Waals surface area contributed by atoms with Crippen LogP contribution in [0.3, 0.4) is 0 Å². The molecule has 0 aliphatic carbocycles. The number of aromatic nitrogens is 3. The molecule has 2 aromatic heterocycles. The van der Waals surface area contributed by atoms with Gasteiger partial charge < -0.3 is 18.5 Å². The molecule has 7 nitrogen and oxygen atoms in total. The molecule has 2 aliphatic rings. The van der Waals surface area contributed by atoms with E-state index >= 15 is 0 Å². The maximum Gasteiger partial charge on any atom is 0.230 e. The van der Waals surface area contributed by atoms with Gasteiger partial charge >= 0.3 is 0 Å². The second-order valence-corrected chi connectivity index (χ2v) is 7.80. The van der Waals surface area contributed by atoms with Crippen LogP contribution in [0.2, 0.25) is 0 Å². The molecule has 0 spiro atoms. The molecule has 4 heterocycles. The molecule has 2 fully saturated rings. The fourth-order valence-corrected chi connectivity index (χ4v) is 4.16. The fraction of sp³-hybridized carbons (Fsp3) is 0.524. The lowest BCUT2D eigenvalue weighted by atomic mass is 10.1. The molecule has 1 aromatic carbocycles. The van der Waals surface area contributed by atoms with Crippen LogP contribution in [0.5, 0.6) is 5.75 Å². The van der Waals surface area contributed by atoms with Crippen molar-refractivity contribution < 1.29 is 13.9 Å². The largest absolute Gasteiger partial charge is 0.490 e. The van der Waals surface area contributed by atoms with Crippen molar-refractivity contribution in [3.05, 3.63) is 42.2 Å². The number of hydrogen-bond donors (Lipinski definition) is 0. The summed E-state index contributed by atoms with van der Waals surface area (Å²) in [6.07, 6.45) is 5.30. The molecule has 3 aromatic rings. The van der Waals surface area contributed by atoms with E-state index in [0.29, 0.717) is 19.0 Å².